The lowest BCUT2D eigenvalue weighted by Crippen LogP contribution is -2.44. The van der Waals surface area contributed by atoms with E-state index >= 15 is 0 Å². The summed E-state index contributed by atoms with van der Waals surface area (Å²) in [5, 5.41) is 17.1. The van der Waals surface area contributed by atoms with Crippen molar-refractivity contribution in [3.63, 3.8) is 0 Å². The molecule has 0 bridgehead atoms. The van der Waals surface area contributed by atoms with E-state index in [9.17, 15) is 0 Å². The molecule has 0 aromatic rings. The van der Waals surface area contributed by atoms with Crippen molar-refractivity contribution in [1.29, 1.82) is 10.8 Å². The fourth-order valence-electron chi connectivity index (χ4n) is 0.482. The Morgan fingerprint density at radius 2 is 2.09 bits per heavy atom. The average Bonchev–Trinajstić information content (AvgIpc) is 1.98. The van der Waals surface area contributed by atoms with E-state index < -0.39 is 0 Å². The molecular formula is C6H15N5. The highest BCUT2D eigenvalue weighted by molar-refractivity contribution is 5.94. The van der Waals surface area contributed by atoms with E-state index in [-0.39, 0.29) is 11.9 Å². The van der Waals surface area contributed by atoms with Gasteiger partial charge in [-0.15, -0.1) is 0 Å². The molecule has 0 radical (unpaired) electrons. The van der Waals surface area contributed by atoms with Gasteiger partial charge in [-0.2, -0.15) is 0 Å². The molecule has 0 heterocycles. The van der Waals surface area contributed by atoms with E-state index in [0.717, 1.165) is 13.0 Å². The summed E-state index contributed by atoms with van der Waals surface area (Å²) < 4.78 is 0. The molecule has 0 aromatic carbocycles. The van der Waals surface area contributed by atoms with Crippen molar-refractivity contribution in [1.82, 2.24) is 10.2 Å². The van der Waals surface area contributed by atoms with Gasteiger partial charge in [-0.3, -0.25) is 15.7 Å². The highest BCUT2D eigenvalue weighted by Gasteiger charge is 2.03. The molecule has 0 amide bonds. The fraction of sp³-hybridized carbons (Fsp3) is 0.667. The number of hydrogen-bond acceptors (Lipinski definition) is 2. The second-order valence-electron chi connectivity index (χ2n) is 2.22. The maximum atomic E-state index is 7.32. The molecule has 0 unspecified atom stereocenters. The van der Waals surface area contributed by atoms with Crippen LogP contribution >= 0.6 is 0 Å². The van der Waals surface area contributed by atoms with Gasteiger partial charge in [-0.05, 0) is 6.42 Å². The third kappa shape index (κ3) is 3.44. The Labute approximate surface area is 66.6 Å². The van der Waals surface area contributed by atoms with Gasteiger partial charge in [-0.25, -0.2) is 0 Å². The first-order chi connectivity index (χ1) is 5.09. The number of nitrogens with zero attached hydrogens (tertiary/aromatic N) is 1. The van der Waals surface area contributed by atoms with Crippen LogP contribution in [0.3, 0.4) is 0 Å². The van der Waals surface area contributed by atoms with Crippen LogP contribution in [0.4, 0.5) is 0 Å². The Balaban J connectivity index is 3.74. The quantitative estimate of drug-likeness (QED) is 0.329. The van der Waals surface area contributed by atoms with E-state index in [0.29, 0.717) is 0 Å². The van der Waals surface area contributed by atoms with Crippen molar-refractivity contribution in [2.45, 2.75) is 13.3 Å². The van der Waals surface area contributed by atoms with Crippen LogP contribution in [0.2, 0.25) is 0 Å². The van der Waals surface area contributed by atoms with Gasteiger partial charge in [0, 0.05) is 13.6 Å². The van der Waals surface area contributed by atoms with Crippen LogP contribution < -0.4 is 11.1 Å². The molecule has 0 spiro atoms. The normalized spacial score (nSPS) is 8.91. The standard InChI is InChI=1S/C6H15N5/c1-3-4-10-6(9)11(2)5(7)8/h3-4H2,1-2H3,(H3,7,8)(H2,9,10). The second kappa shape index (κ2) is 4.54. The monoisotopic (exact) mass is 157 g/mol. The van der Waals surface area contributed by atoms with Gasteiger partial charge in [0.15, 0.2) is 11.9 Å². The summed E-state index contributed by atoms with van der Waals surface area (Å²) in [6.07, 6.45) is 0.953. The van der Waals surface area contributed by atoms with E-state index in [1.54, 1.807) is 7.05 Å². The maximum Gasteiger partial charge on any atom is 0.197 e. The minimum Gasteiger partial charge on any atom is -0.370 e. The highest BCUT2D eigenvalue weighted by atomic mass is 15.3. The molecule has 0 rings (SSSR count). The smallest absolute Gasteiger partial charge is 0.197 e. The Morgan fingerprint density at radius 3 is 2.45 bits per heavy atom. The Hall–Kier alpha value is -1.26. The zero-order valence-corrected chi connectivity index (χ0v) is 6.94. The minimum atomic E-state index is -0.126. The lowest BCUT2D eigenvalue weighted by Gasteiger charge is -2.17. The first-order valence-corrected chi connectivity index (χ1v) is 3.49. The third-order valence-electron chi connectivity index (χ3n) is 1.24. The lowest BCUT2D eigenvalue weighted by atomic mass is 10.5. The molecule has 0 aliphatic carbocycles. The molecule has 64 valence electrons. The van der Waals surface area contributed by atoms with Crippen LogP contribution in [-0.4, -0.2) is 30.4 Å². The van der Waals surface area contributed by atoms with Crippen LogP contribution in [-0.2, 0) is 0 Å². The van der Waals surface area contributed by atoms with Gasteiger partial charge in [0.2, 0.25) is 0 Å². The average molecular weight is 157 g/mol. The molecule has 5 heteroatoms. The molecule has 11 heavy (non-hydrogen) atoms. The van der Waals surface area contributed by atoms with Gasteiger partial charge < -0.3 is 11.1 Å². The van der Waals surface area contributed by atoms with Gasteiger partial charge in [0.05, 0.1) is 0 Å². The topological polar surface area (TPSA) is 89.0 Å². The Bertz CT molecular complexity index is 153. The third-order valence-corrected chi connectivity index (χ3v) is 1.24. The molecule has 5 N–H and O–H groups in total. The number of nitrogens with one attached hydrogen (secondary N) is 3. The predicted molar refractivity (Wildman–Crippen MR) is 45.7 cm³/mol. The van der Waals surface area contributed by atoms with Crippen LogP contribution in [0.5, 0.6) is 0 Å². The van der Waals surface area contributed by atoms with Crippen molar-refractivity contribution < 1.29 is 0 Å². The van der Waals surface area contributed by atoms with Crippen LogP contribution in [0.1, 0.15) is 13.3 Å². The lowest BCUT2D eigenvalue weighted by molar-refractivity contribution is 0.664. The maximum absolute atomic E-state index is 7.32. The summed E-state index contributed by atoms with van der Waals surface area (Å²) in [4.78, 5) is 1.27. The molecule has 5 nitrogen and oxygen atoms in total. The molecule has 0 fully saturated rings. The first kappa shape index (κ1) is 9.74. The number of rotatable bonds is 2. The van der Waals surface area contributed by atoms with Gasteiger partial charge in [-0.1, -0.05) is 6.92 Å². The largest absolute Gasteiger partial charge is 0.370 e. The van der Waals surface area contributed by atoms with Gasteiger partial charge >= 0.3 is 0 Å². The molecule has 0 saturated heterocycles. The fourth-order valence-corrected chi connectivity index (χ4v) is 0.482. The molecule has 0 aromatic heterocycles. The van der Waals surface area contributed by atoms with Crippen molar-refractivity contribution >= 4 is 11.9 Å². The highest BCUT2D eigenvalue weighted by Crippen LogP contribution is 1.79. The molecule has 0 saturated carbocycles. The van der Waals surface area contributed by atoms with E-state index in [2.05, 4.69) is 5.32 Å². The number of nitrogens with two attached hydrogens (primary N) is 1. The van der Waals surface area contributed by atoms with Crippen LogP contribution in [0.25, 0.3) is 0 Å². The van der Waals surface area contributed by atoms with E-state index in [1.807, 2.05) is 6.92 Å². The van der Waals surface area contributed by atoms with Crippen molar-refractivity contribution in [3.05, 3.63) is 0 Å². The predicted octanol–water partition coefficient (Wildman–Crippen LogP) is -0.254. The van der Waals surface area contributed by atoms with Crippen molar-refractivity contribution in [2.75, 3.05) is 13.6 Å². The summed E-state index contributed by atoms with van der Waals surface area (Å²) >= 11 is 0. The second-order valence-corrected chi connectivity index (χ2v) is 2.22. The molecule has 0 atom stereocenters. The van der Waals surface area contributed by atoms with E-state index in [1.165, 1.54) is 4.90 Å². The minimum absolute atomic E-state index is 0.126. The molecular weight excluding hydrogens is 142 g/mol. The zero-order valence-electron chi connectivity index (χ0n) is 6.94. The SMILES string of the molecule is CCCNC(=N)N(C)C(=N)N. The van der Waals surface area contributed by atoms with Gasteiger partial charge in [0.1, 0.15) is 0 Å². The number of guanidine groups is 2. The van der Waals surface area contributed by atoms with Crippen molar-refractivity contribution in [2.24, 2.45) is 5.73 Å². The number of hydrogen-bond donors (Lipinski definition) is 4. The summed E-state index contributed by atoms with van der Waals surface area (Å²) in [5.74, 6) is 0.0398. The summed E-state index contributed by atoms with van der Waals surface area (Å²) in [7, 11) is 1.58. The van der Waals surface area contributed by atoms with Crippen molar-refractivity contribution in [3.8, 4) is 0 Å². The van der Waals surface area contributed by atoms with Gasteiger partial charge in [0.25, 0.3) is 0 Å². The Kier molecular flexibility index (Phi) is 4.02. The zero-order chi connectivity index (χ0) is 8.85. The summed E-state index contributed by atoms with van der Waals surface area (Å²) in [6, 6.07) is 0. The Morgan fingerprint density at radius 1 is 1.55 bits per heavy atom. The van der Waals surface area contributed by atoms with Crippen LogP contribution in [0.15, 0.2) is 0 Å². The summed E-state index contributed by atoms with van der Waals surface area (Å²) in [5.41, 5.74) is 5.14. The van der Waals surface area contributed by atoms with Crippen LogP contribution in [0, 0.1) is 10.8 Å². The molecule has 0 aliphatic rings. The first-order valence-electron chi connectivity index (χ1n) is 3.49. The summed E-state index contributed by atoms with van der Waals surface area (Å²) in [6.45, 7) is 2.74. The molecule has 0 aliphatic heterocycles. The van der Waals surface area contributed by atoms with E-state index in [4.69, 9.17) is 16.6 Å².